The second-order valence-corrected chi connectivity index (χ2v) is 10.7. The molecule has 0 spiro atoms. The third kappa shape index (κ3) is 4.89. The molecular formula is C28H26Cl2N2O4. The minimum absolute atomic E-state index is 0.0486. The van der Waals surface area contributed by atoms with Crippen LogP contribution in [-0.4, -0.2) is 22.7 Å². The Bertz CT molecular complexity index is 1330. The zero-order valence-corrected chi connectivity index (χ0v) is 21.7. The predicted octanol–water partition coefficient (Wildman–Crippen LogP) is 5.99. The second-order valence-electron chi connectivity index (χ2n) is 9.85. The van der Waals surface area contributed by atoms with Crippen molar-refractivity contribution in [3.8, 4) is 0 Å². The number of aliphatic hydroxyl groups is 1. The predicted molar refractivity (Wildman–Crippen MR) is 141 cm³/mol. The molecule has 0 radical (unpaired) electrons. The number of rotatable bonds is 6. The summed E-state index contributed by atoms with van der Waals surface area (Å²) in [6.45, 7) is 5.47. The molecule has 1 heterocycles. The number of benzene rings is 3. The smallest absolute Gasteiger partial charge is 0.264 e. The number of halogens is 2. The molecule has 0 saturated heterocycles. The van der Waals surface area contributed by atoms with Crippen LogP contribution in [0.5, 0.6) is 0 Å². The summed E-state index contributed by atoms with van der Waals surface area (Å²) in [5.74, 6) is -1.18. The van der Waals surface area contributed by atoms with Crippen molar-refractivity contribution in [3.63, 3.8) is 0 Å². The average Bonchev–Trinajstić information content (AvgIpc) is 3.03. The van der Waals surface area contributed by atoms with Crippen LogP contribution in [0.3, 0.4) is 0 Å². The van der Waals surface area contributed by atoms with Crippen molar-refractivity contribution < 1.29 is 19.5 Å². The maximum Gasteiger partial charge on any atom is 0.264 e. The summed E-state index contributed by atoms with van der Waals surface area (Å²) in [5, 5.41) is 15.2. The highest BCUT2D eigenvalue weighted by Crippen LogP contribution is 2.44. The lowest BCUT2D eigenvalue weighted by molar-refractivity contribution is -0.136. The van der Waals surface area contributed by atoms with Crippen molar-refractivity contribution >= 4 is 52.2 Å². The molecule has 2 N–H and O–H groups in total. The number of anilines is 2. The topological polar surface area (TPSA) is 86.7 Å². The number of carbonyl (C=O) groups excluding carboxylic acids is 3. The van der Waals surface area contributed by atoms with Gasteiger partial charge in [0.25, 0.3) is 5.91 Å². The van der Waals surface area contributed by atoms with Crippen LogP contribution >= 0.6 is 23.2 Å². The van der Waals surface area contributed by atoms with E-state index in [1.54, 1.807) is 87.5 Å². The molecule has 0 aliphatic carbocycles. The van der Waals surface area contributed by atoms with Gasteiger partial charge in [-0.2, -0.15) is 0 Å². The van der Waals surface area contributed by atoms with Crippen molar-refractivity contribution in [1.82, 2.24) is 0 Å². The molecule has 36 heavy (non-hydrogen) atoms. The van der Waals surface area contributed by atoms with E-state index >= 15 is 0 Å². The maximum atomic E-state index is 13.5. The lowest BCUT2D eigenvalue weighted by Crippen LogP contribution is -2.41. The van der Waals surface area contributed by atoms with Gasteiger partial charge in [0, 0.05) is 37.8 Å². The fourth-order valence-corrected chi connectivity index (χ4v) is 4.59. The fraction of sp³-hybridized carbons (Fsp3) is 0.250. The van der Waals surface area contributed by atoms with Gasteiger partial charge in [-0.3, -0.25) is 14.4 Å². The Morgan fingerprint density at radius 3 is 2.17 bits per heavy atom. The zero-order chi connectivity index (χ0) is 26.3. The second kappa shape index (κ2) is 9.69. The summed E-state index contributed by atoms with van der Waals surface area (Å²) in [5.41, 5.74) is -0.346. The van der Waals surface area contributed by atoms with Gasteiger partial charge in [0.2, 0.25) is 5.91 Å². The Hall–Kier alpha value is -3.19. The largest absolute Gasteiger partial charge is 0.375 e. The Kier molecular flexibility index (Phi) is 6.97. The molecule has 2 amide bonds. The van der Waals surface area contributed by atoms with Crippen LogP contribution in [0.1, 0.15) is 48.7 Å². The van der Waals surface area contributed by atoms with Gasteiger partial charge in [-0.05, 0) is 42.5 Å². The first kappa shape index (κ1) is 25.9. The van der Waals surface area contributed by atoms with Crippen molar-refractivity contribution in [1.29, 1.82) is 0 Å². The minimum atomic E-state index is -2.04. The Labute approximate surface area is 219 Å². The van der Waals surface area contributed by atoms with Crippen LogP contribution in [0.4, 0.5) is 11.4 Å². The van der Waals surface area contributed by atoms with E-state index in [-0.39, 0.29) is 12.5 Å². The highest BCUT2D eigenvalue weighted by Gasteiger charge is 2.51. The first-order valence-corrected chi connectivity index (χ1v) is 12.2. The lowest BCUT2D eigenvalue weighted by atomic mass is 9.88. The Balaban J connectivity index is 1.58. The van der Waals surface area contributed by atoms with Gasteiger partial charge in [0.15, 0.2) is 11.4 Å². The number of nitrogens with one attached hydrogen (secondary N) is 1. The standard InChI is InChI=1S/C28H26Cl2N2O4/c1-27(2,3)25(34)31-18-13-11-17(12-14-18)24(33)15-28(36)20-7-4-5-10-23(20)32(26(28)35)16-19-21(29)8-6-9-22(19)30/h4-14,36H,15-16H2,1-3H3,(H,31,34)/t28-/m1/s1. The molecule has 0 bridgehead atoms. The van der Waals surface area contributed by atoms with Crippen LogP contribution in [0.2, 0.25) is 10.0 Å². The van der Waals surface area contributed by atoms with Gasteiger partial charge >= 0.3 is 0 Å². The molecule has 3 aromatic carbocycles. The molecule has 1 atom stereocenters. The molecule has 0 unspecified atom stereocenters. The van der Waals surface area contributed by atoms with E-state index in [1.165, 1.54) is 4.90 Å². The first-order chi connectivity index (χ1) is 16.9. The quantitative estimate of drug-likeness (QED) is 0.388. The zero-order valence-electron chi connectivity index (χ0n) is 20.1. The number of hydrogen-bond acceptors (Lipinski definition) is 4. The van der Waals surface area contributed by atoms with Gasteiger partial charge in [-0.25, -0.2) is 0 Å². The van der Waals surface area contributed by atoms with Crippen molar-refractivity contribution in [2.45, 2.75) is 39.3 Å². The van der Waals surface area contributed by atoms with Crippen molar-refractivity contribution in [2.75, 3.05) is 10.2 Å². The van der Waals surface area contributed by atoms with Crippen LogP contribution in [-0.2, 0) is 21.7 Å². The molecule has 0 fully saturated rings. The number of amides is 2. The summed E-state index contributed by atoms with van der Waals surface area (Å²) in [6.07, 6.45) is -0.441. The number of ketones is 1. The van der Waals surface area contributed by atoms with Gasteiger partial charge in [-0.1, -0.05) is 68.2 Å². The highest BCUT2D eigenvalue weighted by molar-refractivity contribution is 6.36. The van der Waals surface area contributed by atoms with Crippen LogP contribution in [0, 0.1) is 5.41 Å². The molecule has 0 saturated carbocycles. The number of hydrogen-bond donors (Lipinski definition) is 2. The third-order valence-electron chi connectivity index (χ3n) is 6.18. The lowest BCUT2D eigenvalue weighted by Gasteiger charge is -2.23. The molecule has 3 aromatic rings. The number of fused-ring (bicyclic) bond motifs is 1. The molecular weight excluding hydrogens is 499 g/mol. The maximum absolute atomic E-state index is 13.5. The van der Waals surface area contributed by atoms with Gasteiger partial charge in [0.1, 0.15) is 0 Å². The normalized spacial score (nSPS) is 17.2. The Morgan fingerprint density at radius 2 is 1.56 bits per heavy atom. The molecule has 6 nitrogen and oxygen atoms in total. The summed E-state index contributed by atoms with van der Waals surface area (Å²) < 4.78 is 0. The number of para-hydroxylation sites is 1. The summed E-state index contributed by atoms with van der Waals surface area (Å²) >= 11 is 12.6. The number of nitrogens with zero attached hydrogens (tertiary/aromatic N) is 1. The summed E-state index contributed by atoms with van der Waals surface area (Å²) in [7, 11) is 0. The van der Waals surface area contributed by atoms with E-state index in [9.17, 15) is 19.5 Å². The van der Waals surface area contributed by atoms with E-state index in [0.717, 1.165) is 0 Å². The molecule has 0 aromatic heterocycles. The van der Waals surface area contributed by atoms with E-state index < -0.39 is 29.1 Å². The molecule has 1 aliphatic rings. The van der Waals surface area contributed by atoms with Crippen molar-refractivity contribution in [3.05, 3.63) is 93.5 Å². The van der Waals surface area contributed by atoms with Crippen molar-refractivity contribution in [2.24, 2.45) is 5.41 Å². The highest BCUT2D eigenvalue weighted by atomic mass is 35.5. The Morgan fingerprint density at radius 1 is 0.944 bits per heavy atom. The van der Waals surface area contributed by atoms with Crippen LogP contribution in [0.15, 0.2) is 66.7 Å². The van der Waals surface area contributed by atoms with Gasteiger partial charge in [0.05, 0.1) is 18.7 Å². The number of carbonyl (C=O) groups is 3. The molecule has 1 aliphatic heterocycles. The molecule has 186 valence electrons. The van der Waals surface area contributed by atoms with E-state index in [4.69, 9.17) is 23.2 Å². The minimum Gasteiger partial charge on any atom is -0.375 e. The van der Waals surface area contributed by atoms with E-state index in [2.05, 4.69) is 5.32 Å². The van der Waals surface area contributed by atoms with Gasteiger partial charge < -0.3 is 15.3 Å². The molecule has 4 rings (SSSR count). The third-order valence-corrected chi connectivity index (χ3v) is 6.89. The monoisotopic (exact) mass is 524 g/mol. The van der Waals surface area contributed by atoms with E-state index in [1.807, 2.05) is 0 Å². The SMILES string of the molecule is CC(C)(C)C(=O)Nc1ccc(C(=O)C[C@]2(O)C(=O)N(Cc3c(Cl)cccc3Cl)c3ccccc32)cc1. The van der Waals surface area contributed by atoms with Crippen LogP contribution < -0.4 is 10.2 Å². The fourth-order valence-electron chi connectivity index (χ4n) is 4.07. The van der Waals surface area contributed by atoms with Crippen LogP contribution in [0.25, 0.3) is 0 Å². The van der Waals surface area contributed by atoms with Gasteiger partial charge in [-0.15, -0.1) is 0 Å². The summed E-state index contributed by atoms with van der Waals surface area (Å²) in [4.78, 5) is 40.3. The first-order valence-electron chi connectivity index (χ1n) is 11.4. The summed E-state index contributed by atoms with van der Waals surface area (Å²) in [6, 6.07) is 18.3. The van der Waals surface area contributed by atoms with E-state index in [0.29, 0.717) is 38.1 Å². The average molecular weight is 525 g/mol. The molecule has 8 heteroatoms. The number of Topliss-reactive ketones (excluding diaryl/α,β-unsaturated/α-hetero) is 1.